The number of anilines is 1. The first-order valence-electron chi connectivity index (χ1n) is 7.01. The molecule has 5 heteroatoms. The summed E-state index contributed by atoms with van der Waals surface area (Å²) in [4.78, 5) is 2.20. The molecule has 0 unspecified atom stereocenters. The van der Waals surface area contributed by atoms with Crippen LogP contribution in [-0.4, -0.2) is 36.9 Å². The van der Waals surface area contributed by atoms with Crippen LogP contribution in [0.5, 0.6) is 0 Å². The van der Waals surface area contributed by atoms with Crippen LogP contribution < -0.4 is 5.73 Å². The highest BCUT2D eigenvalue weighted by molar-refractivity contribution is 7.92. The van der Waals surface area contributed by atoms with E-state index in [0.717, 1.165) is 25.2 Å². The zero-order valence-electron chi connectivity index (χ0n) is 12.5. The lowest BCUT2D eigenvalue weighted by Gasteiger charge is -2.30. The first kappa shape index (κ1) is 15.3. The van der Waals surface area contributed by atoms with E-state index in [1.807, 2.05) is 12.1 Å². The molecule has 20 heavy (non-hydrogen) atoms. The van der Waals surface area contributed by atoms with Gasteiger partial charge in [0, 0.05) is 25.3 Å². The molecule has 0 bridgehead atoms. The van der Waals surface area contributed by atoms with Gasteiger partial charge in [0.05, 0.1) is 10.5 Å². The Bertz CT molecular complexity index is 588. The van der Waals surface area contributed by atoms with E-state index < -0.39 is 14.6 Å². The molecule has 112 valence electrons. The summed E-state index contributed by atoms with van der Waals surface area (Å²) in [7, 11) is -3.05. The quantitative estimate of drug-likeness (QED) is 0.865. The topological polar surface area (TPSA) is 63.4 Å². The lowest BCUT2D eigenvalue weighted by molar-refractivity contribution is 0.269. The second kappa shape index (κ2) is 5.37. The molecule has 2 rings (SSSR count). The van der Waals surface area contributed by atoms with Crippen LogP contribution in [0.25, 0.3) is 0 Å². The van der Waals surface area contributed by atoms with Gasteiger partial charge in [-0.2, -0.15) is 0 Å². The number of nitrogens with zero attached hydrogens (tertiary/aromatic N) is 1. The Morgan fingerprint density at radius 3 is 2.65 bits per heavy atom. The highest BCUT2D eigenvalue weighted by Gasteiger charge is 2.29. The van der Waals surface area contributed by atoms with Crippen molar-refractivity contribution in [1.29, 1.82) is 0 Å². The average Bonchev–Trinajstić information content (AvgIpc) is 2.35. The second-order valence-corrected chi connectivity index (χ2v) is 9.30. The predicted molar refractivity (Wildman–Crippen MR) is 83.4 cm³/mol. The lowest BCUT2D eigenvalue weighted by Crippen LogP contribution is -2.38. The zero-order valence-corrected chi connectivity index (χ0v) is 13.3. The Hall–Kier alpha value is -1.07. The monoisotopic (exact) mass is 296 g/mol. The maximum atomic E-state index is 12.1. The largest absolute Gasteiger partial charge is 0.398 e. The Kier molecular flexibility index (Phi) is 4.12. The SMILES string of the molecule is CC(C)(C)S(=O)(=O)CCN1CCc2c(N)cccc2C1. The van der Waals surface area contributed by atoms with E-state index in [4.69, 9.17) is 5.73 Å². The molecular weight excluding hydrogens is 272 g/mol. The summed E-state index contributed by atoms with van der Waals surface area (Å²) < 4.78 is 23.6. The fraction of sp³-hybridized carbons (Fsp3) is 0.600. The van der Waals surface area contributed by atoms with E-state index in [1.54, 1.807) is 20.8 Å². The fourth-order valence-electron chi connectivity index (χ4n) is 2.44. The van der Waals surface area contributed by atoms with Crippen LogP contribution in [0.3, 0.4) is 0 Å². The number of benzene rings is 1. The van der Waals surface area contributed by atoms with Crippen molar-refractivity contribution in [2.75, 3.05) is 24.6 Å². The number of hydrogen-bond donors (Lipinski definition) is 1. The smallest absolute Gasteiger partial charge is 0.156 e. The maximum Gasteiger partial charge on any atom is 0.156 e. The number of hydrogen-bond acceptors (Lipinski definition) is 4. The van der Waals surface area contributed by atoms with Crippen molar-refractivity contribution in [2.24, 2.45) is 0 Å². The van der Waals surface area contributed by atoms with E-state index in [0.29, 0.717) is 6.54 Å². The van der Waals surface area contributed by atoms with Crippen LogP contribution in [0.1, 0.15) is 31.9 Å². The van der Waals surface area contributed by atoms with E-state index >= 15 is 0 Å². The summed E-state index contributed by atoms with van der Waals surface area (Å²) in [5.41, 5.74) is 9.27. The molecule has 0 aromatic heterocycles. The van der Waals surface area contributed by atoms with Crippen LogP contribution in [-0.2, 0) is 22.8 Å². The molecule has 0 fully saturated rings. The van der Waals surface area contributed by atoms with E-state index in [-0.39, 0.29) is 5.75 Å². The van der Waals surface area contributed by atoms with E-state index in [2.05, 4.69) is 11.0 Å². The predicted octanol–water partition coefficient (Wildman–Crippen LogP) is 1.84. The first-order chi connectivity index (χ1) is 9.21. The Balaban J connectivity index is 2.01. The molecule has 1 aromatic rings. The highest BCUT2D eigenvalue weighted by atomic mass is 32.2. The van der Waals surface area contributed by atoms with Crippen LogP contribution in [0.15, 0.2) is 18.2 Å². The van der Waals surface area contributed by atoms with Gasteiger partial charge in [-0.05, 0) is 44.4 Å². The van der Waals surface area contributed by atoms with Crippen molar-refractivity contribution in [1.82, 2.24) is 4.90 Å². The Morgan fingerprint density at radius 1 is 1.30 bits per heavy atom. The van der Waals surface area contributed by atoms with Crippen LogP contribution in [0.2, 0.25) is 0 Å². The summed E-state index contributed by atoms with van der Waals surface area (Å²) >= 11 is 0. The van der Waals surface area contributed by atoms with Crippen molar-refractivity contribution in [3.8, 4) is 0 Å². The highest BCUT2D eigenvalue weighted by Crippen LogP contribution is 2.24. The summed E-state index contributed by atoms with van der Waals surface area (Å²) in [5.74, 6) is 0.216. The van der Waals surface area contributed by atoms with Gasteiger partial charge in [-0.3, -0.25) is 4.90 Å². The van der Waals surface area contributed by atoms with Gasteiger partial charge in [-0.15, -0.1) is 0 Å². The lowest BCUT2D eigenvalue weighted by atomic mass is 9.98. The molecule has 1 aromatic carbocycles. The molecule has 1 heterocycles. The number of rotatable bonds is 3. The van der Waals surface area contributed by atoms with Crippen molar-refractivity contribution >= 4 is 15.5 Å². The summed E-state index contributed by atoms with van der Waals surface area (Å²) in [5, 5.41) is 0. The minimum absolute atomic E-state index is 0.216. The molecule has 0 spiro atoms. The van der Waals surface area contributed by atoms with Gasteiger partial charge in [-0.1, -0.05) is 12.1 Å². The van der Waals surface area contributed by atoms with Crippen molar-refractivity contribution in [2.45, 2.75) is 38.5 Å². The summed E-state index contributed by atoms with van der Waals surface area (Å²) in [6.07, 6.45) is 0.900. The number of nitrogens with two attached hydrogens (primary N) is 1. The second-order valence-electron chi connectivity index (χ2n) is 6.44. The molecule has 0 radical (unpaired) electrons. The van der Waals surface area contributed by atoms with Crippen molar-refractivity contribution in [3.63, 3.8) is 0 Å². The third kappa shape index (κ3) is 3.15. The van der Waals surface area contributed by atoms with E-state index in [9.17, 15) is 8.42 Å². The molecule has 0 aliphatic carbocycles. The molecule has 0 saturated carbocycles. The number of fused-ring (bicyclic) bond motifs is 1. The number of nitrogen functional groups attached to an aromatic ring is 1. The Labute approximate surface area is 121 Å². The van der Waals surface area contributed by atoms with Crippen LogP contribution in [0.4, 0.5) is 5.69 Å². The molecule has 4 nitrogen and oxygen atoms in total. The molecule has 0 atom stereocenters. The van der Waals surface area contributed by atoms with Crippen molar-refractivity contribution < 1.29 is 8.42 Å². The standard InChI is InChI=1S/C15H24N2O2S/c1-15(2,3)20(18,19)10-9-17-8-7-13-12(11-17)5-4-6-14(13)16/h4-6H,7-11,16H2,1-3H3. The molecule has 1 aliphatic rings. The fourth-order valence-corrected chi connectivity index (χ4v) is 3.55. The van der Waals surface area contributed by atoms with Crippen molar-refractivity contribution in [3.05, 3.63) is 29.3 Å². The normalized spacial score (nSPS) is 16.9. The zero-order chi connectivity index (χ0) is 15.0. The molecule has 0 saturated heterocycles. The number of sulfone groups is 1. The van der Waals surface area contributed by atoms with E-state index in [1.165, 1.54) is 11.1 Å². The minimum atomic E-state index is -3.05. The molecular formula is C15H24N2O2S. The van der Waals surface area contributed by atoms with Gasteiger partial charge >= 0.3 is 0 Å². The summed E-state index contributed by atoms with van der Waals surface area (Å²) in [6.45, 7) is 7.53. The summed E-state index contributed by atoms with van der Waals surface area (Å²) in [6, 6.07) is 5.97. The minimum Gasteiger partial charge on any atom is -0.398 e. The van der Waals surface area contributed by atoms with Crippen LogP contribution >= 0.6 is 0 Å². The van der Waals surface area contributed by atoms with Gasteiger partial charge in [0.2, 0.25) is 0 Å². The molecule has 1 aliphatic heterocycles. The first-order valence-corrected chi connectivity index (χ1v) is 8.67. The van der Waals surface area contributed by atoms with Gasteiger partial charge in [0.1, 0.15) is 0 Å². The van der Waals surface area contributed by atoms with Crippen LogP contribution in [0, 0.1) is 0 Å². The van der Waals surface area contributed by atoms with Gasteiger partial charge in [-0.25, -0.2) is 8.42 Å². The van der Waals surface area contributed by atoms with Gasteiger partial charge in [0.25, 0.3) is 0 Å². The van der Waals surface area contributed by atoms with Gasteiger partial charge < -0.3 is 5.73 Å². The Morgan fingerprint density at radius 2 is 2.00 bits per heavy atom. The van der Waals surface area contributed by atoms with Gasteiger partial charge in [0.15, 0.2) is 9.84 Å². The third-order valence-corrected chi connectivity index (χ3v) is 6.58. The molecule has 0 amide bonds. The maximum absolute atomic E-state index is 12.1. The third-order valence-electron chi connectivity index (χ3n) is 3.99. The average molecular weight is 296 g/mol. The molecule has 2 N–H and O–H groups in total.